The minimum Gasteiger partial charge on any atom is -0.354 e. The lowest BCUT2D eigenvalue weighted by Gasteiger charge is -2.29. The number of benzene rings is 2. The molecule has 2 aromatic carbocycles. The lowest BCUT2D eigenvalue weighted by molar-refractivity contribution is -0.138. The standard InChI is InChI=1S/C22H27ClN2O2S/c1-16(2)13-24-22(27)17(3)25(14-18-7-5-4-6-8-18)21(26)15-28-20-11-9-19(23)10-12-20/h4-12,16-17H,13-15H2,1-3H3,(H,24,27)/t17-/m0/s1. The fraction of sp³-hybridized carbons (Fsp3) is 0.364. The van der Waals surface area contributed by atoms with Gasteiger partial charge in [-0.1, -0.05) is 55.8 Å². The zero-order valence-corrected chi connectivity index (χ0v) is 18.1. The molecule has 0 heterocycles. The van der Waals surface area contributed by atoms with Gasteiger partial charge in [-0.25, -0.2) is 0 Å². The number of nitrogens with one attached hydrogen (secondary N) is 1. The summed E-state index contributed by atoms with van der Waals surface area (Å²) in [6.07, 6.45) is 0. The van der Waals surface area contributed by atoms with Gasteiger partial charge in [0.15, 0.2) is 0 Å². The molecule has 0 saturated heterocycles. The number of amides is 2. The maximum atomic E-state index is 13.0. The lowest BCUT2D eigenvalue weighted by Crippen LogP contribution is -2.48. The highest BCUT2D eigenvalue weighted by molar-refractivity contribution is 8.00. The molecular formula is C22H27ClN2O2S. The van der Waals surface area contributed by atoms with Crippen molar-refractivity contribution >= 4 is 35.2 Å². The molecular weight excluding hydrogens is 392 g/mol. The van der Waals surface area contributed by atoms with Crippen LogP contribution in [0.3, 0.4) is 0 Å². The van der Waals surface area contributed by atoms with E-state index in [-0.39, 0.29) is 17.6 Å². The van der Waals surface area contributed by atoms with Gasteiger partial charge in [0.2, 0.25) is 11.8 Å². The van der Waals surface area contributed by atoms with E-state index < -0.39 is 6.04 Å². The van der Waals surface area contributed by atoms with Gasteiger partial charge in [-0.05, 0) is 42.7 Å². The van der Waals surface area contributed by atoms with Gasteiger partial charge in [-0.15, -0.1) is 11.8 Å². The molecule has 2 aromatic rings. The molecule has 2 rings (SSSR count). The molecule has 0 aliphatic rings. The van der Waals surface area contributed by atoms with Gasteiger partial charge in [0.25, 0.3) is 0 Å². The summed E-state index contributed by atoms with van der Waals surface area (Å²) in [7, 11) is 0. The summed E-state index contributed by atoms with van der Waals surface area (Å²) in [5.41, 5.74) is 0.996. The van der Waals surface area contributed by atoms with E-state index in [1.807, 2.05) is 56.3 Å². The first-order valence-electron chi connectivity index (χ1n) is 9.36. The van der Waals surface area contributed by atoms with Gasteiger partial charge in [0, 0.05) is 23.0 Å². The summed E-state index contributed by atoms with van der Waals surface area (Å²) in [5, 5.41) is 3.59. The van der Waals surface area contributed by atoms with Crippen molar-refractivity contribution in [2.45, 2.75) is 38.3 Å². The molecule has 0 spiro atoms. The molecule has 28 heavy (non-hydrogen) atoms. The second-order valence-electron chi connectivity index (χ2n) is 7.06. The van der Waals surface area contributed by atoms with Crippen LogP contribution < -0.4 is 5.32 Å². The van der Waals surface area contributed by atoms with Crippen molar-refractivity contribution in [2.75, 3.05) is 12.3 Å². The van der Waals surface area contributed by atoms with Gasteiger partial charge < -0.3 is 10.2 Å². The fourth-order valence-electron chi connectivity index (χ4n) is 2.57. The molecule has 0 bridgehead atoms. The smallest absolute Gasteiger partial charge is 0.242 e. The van der Waals surface area contributed by atoms with Crippen molar-refractivity contribution in [3.05, 3.63) is 65.2 Å². The minimum atomic E-state index is -0.544. The molecule has 0 aliphatic carbocycles. The minimum absolute atomic E-state index is 0.0731. The van der Waals surface area contributed by atoms with Crippen LogP contribution in [0.15, 0.2) is 59.5 Å². The summed E-state index contributed by atoms with van der Waals surface area (Å²) < 4.78 is 0. The number of rotatable bonds is 9. The second kappa shape index (κ2) is 11.1. The Morgan fingerprint density at radius 3 is 2.29 bits per heavy atom. The highest BCUT2D eigenvalue weighted by atomic mass is 35.5. The predicted molar refractivity (Wildman–Crippen MR) is 116 cm³/mol. The zero-order valence-electron chi connectivity index (χ0n) is 16.5. The SMILES string of the molecule is CC(C)CNC(=O)[C@H](C)N(Cc1ccccc1)C(=O)CSc1ccc(Cl)cc1. The van der Waals surface area contributed by atoms with Gasteiger partial charge in [0.05, 0.1) is 5.75 Å². The normalized spacial score (nSPS) is 11.9. The first kappa shape index (κ1) is 22.3. The lowest BCUT2D eigenvalue weighted by atomic mass is 10.1. The highest BCUT2D eigenvalue weighted by Gasteiger charge is 2.26. The molecule has 0 aromatic heterocycles. The van der Waals surface area contributed by atoms with E-state index in [9.17, 15) is 9.59 Å². The van der Waals surface area contributed by atoms with E-state index in [1.54, 1.807) is 24.0 Å². The van der Waals surface area contributed by atoms with Crippen LogP contribution in [-0.4, -0.2) is 35.1 Å². The molecule has 6 heteroatoms. The van der Waals surface area contributed by atoms with Gasteiger partial charge >= 0.3 is 0 Å². The molecule has 150 valence electrons. The van der Waals surface area contributed by atoms with Crippen molar-refractivity contribution in [1.82, 2.24) is 10.2 Å². The van der Waals surface area contributed by atoms with Crippen LogP contribution in [0.2, 0.25) is 5.02 Å². The summed E-state index contributed by atoms with van der Waals surface area (Å²) >= 11 is 7.36. The Morgan fingerprint density at radius 2 is 1.68 bits per heavy atom. The number of carbonyl (C=O) groups excluding carboxylic acids is 2. The molecule has 2 amide bonds. The van der Waals surface area contributed by atoms with E-state index in [0.29, 0.717) is 24.0 Å². The third-order valence-electron chi connectivity index (χ3n) is 4.22. The Labute approximate surface area is 176 Å². The van der Waals surface area contributed by atoms with E-state index in [0.717, 1.165) is 10.5 Å². The van der Waals surface area contributed by atoms with Crippen LogP contribution in [-0.2, 0) is 16.1 Å². The van der Waals surface area contributed by atoms with E-state index >= 15 is 0 Å². The molecule has 1 N–H and O–H groups in total. The summed E-state index contributed by atoms with van der Waals surface area (Å²) in [4.78, 5) is 28.2. The molecule has 0 saturated carbocycles. The van der Waals surface area contributed by atoms with Crippen LogP contribution in [0.1, 0.15) is 26.3 Å². The van der Waals surface area contributed by atoms with Gasteiger partial charge in [0.1, 0.15) is 6.04 Å². The van der Waals surface area contributed by atoms with E-state index in [4.69, 9.17) is 11.6 Å². The van der Waals surface area contributed by atoms with Crippen LogP contribution in [0.4, 0.5) is 0 Å². The monoisotopic (exact) mass is 418 g/mol. The van der Waals surface area contributed by atoms with Crippen molar-refractivity contribution in [3.8, 4) is 0 Å². The topological polar surface area (TPSA) is 49.4 Å². The van der Waals surface area contributed by atoms with E-state index in [1.165, 1.54) is 11.8 Å². The number of thioether (sulfide) groups is 1. The first-order chi connectivity index (χ1) is 13.4. The maximum absolute atomic E-state index is 13.0. The molecule has 0 aliphatic heterocycles. The Kier molecular flexibility index (Phi) is 8.87. The third kappa shape index (κ3) is 7.21. The van der Waals surface area contributed by atoms with Crippen LogP contribution in [0.25, 0.3) is 0 Å². The number of hydrogen-bond acceptors (Lipinski definition) is 3. The largest absolute Gasteiger partial charge is 0.354 e. The Bertz CT molecular complexity index is 766. The van der Waals surface area contributed by atoms with E-state index in [2.05, 4.69) is 5.32 Å². The van der Waals surface area contributed by atoms with Gasteiger partial charge in [-0.2, -0.15) is 0 Å². The van der Waals surface area contributed by atoms with Crippen molar-refractivity contribution < 1.29 is 9.59 Å². The van der Waals surface area contributed by atoms with Crippen molar-refractivity contribution in [3.63, 3.8) is 0 Å². The quantitative estimate of drug-likeness (QED) is 0.604. The maximum Gasteiger partial charge on any atom is 0.242 e. The van der Waals surface area contributed by atoms with Crippen molar-refractivity contribution in [1.29, 1.82) is 0 Å². The Balaban J connectivity index is 2.08. The first-order valence-corrected chi connectivity index (χ1v) is 10.7. The highest BCUT2D eigenvalue weighted by Crippen LogP contribution is 2.21. The van der Waals surface area contributed by atoms with Crippen LogP contribution in [0, 0.1) is 5.92 Å². The second-order valence-corrected chi connectivity index (χ2v) is 8.55. The van der Waals surface area contributed by atoms with Crippen molar-refractivity contribution in [2.24, 2.45) is 5.92 Å². The summed E-state index contributed by atoms with van der Waals surface area (Å²) in [6.45, 7) is 6.86. The third-order valence-corrected chi connectivity index (χ3v) is 5.47. The number of carbonyl (C=O) groups is 2. The van der Waals surface area contributed by atoms with Crippen LogP contribution >= 0.6 is 23.4 Å². The molecule has 0 radical (unpaired) electrons. The summed E-state index contributed by atoms with van der Waals surface area (Å²) in [6, 6.07) is 16.6. The van der Waals surface area contributed by atoms with Crippen LogP contribution in [0.5, 0.6) is 0 Å². The summed E-state index contributed by atoms with van der Waals surface area (Å²) in [5.74, 6) is 0.413. The Hall–Kier alpha value is -1.98. The number of hydrogen-bond donors (Lipinski definition) is 1. The zero-order chi connectivity index (χ0) is 20.5. The molecule has 0 unspecified atom stereocenters. The molecule has 1 atom stereocenters. The molecule has 4 nitrogen and oxygen atoms in total. The average Bonchev–Trinajstić information content (AvgIpc) is 2.69. The number of halogens is 1. The van der Waals surface area contributed by atoms with Gasteiger partial charge in [-0.3, -0.25) is 9.59 Å². The predicted octanol–water partition coefficient (Wildman–Crippen LogP) is 4.62. The molecule has 0 fully saturated rings. The Morgan fingerprint density at radius 1 is 1.04 bits per heavy atom. The fourth-order valence-corrected chi connectivity index (χ4v) is 3.48. The average molecular weight is 419 g/mol. The number of nitrogens with zero attached hydrogens (tertiary/aromatic N) is 1.